The fraction of sp³-hybridized carbons (Fsp3) is 0.167. The zero-order valence-electron chi connectivity index (χ0n) is 10.6. The van der Waals surface area contributed by atoms with Crippen LogP contribution in [0.25, 0.3) is 0 Å². The number of hydrogen-bond acceptors (Lipinski definition) is 5. The van der Waals surface area contributed by atoms with Crippen LogP contribution in [0.1, 0.15) is 16.1 Å². The van der Waals surface area contributed by atoms with Gasteiger partial charge in [0.2, 0.25) is 0 Å². The maximum atomic E-state index is 11.1. The second-order valence-corrected chi connectivity index (χ2v) is 4.06. The SMILES string of the molecule is Cn1nccc1CNc1cccc(C(=O)O)c1[N+](=O)[O-]. The molecule has 0 bridgehead atoms. The molecule has 0 spiro atoms. The predicted molar refractivity (Wildman–Crippen MR) is 70.6 cm³/mol. The summed E-state index contributed by atoms with van der Waals surface area (Å²) in [5.74, 6) is -1.33. The van der Waals surface area contributed by atoms with Gasteiger partial charge in [-0.1, -0.05) is 6.07 Å². The number of carboxylic acid groups (broad SMARTS) is 1. The number of rotatable bonds is 5. The molecule has 0 saturated carbocycles. The maximum absolute atomic E-state index is 11.1. The summed E-state index contributed by atoms with van der Waals surface area (Å²) in [6.07, 6.45) is 1.61. The molecule has 1 aromatic carbocycles. The van der Waals surface area contributed by atoms with Crippen molar-refractivity contribution in [1.29, 1.82) is 0 Å². The van der Waals surface area contributed by atoms with Gasteiger partial charge in [0, 0.05) is 13.2 Å². The van der Waals surface area contributed by atoms with Gasteiger partial charge in [-0.15, -0.1) is 0 Å². The van der Waals surface area contributed by atoms with Crippen molar-refractivity contribution < 1.29 is 14.8 Å². The Bertz CT molecular complexity index is 665. The second kappa shape index (κ2) is 5.39. The first-order valence-corrected chi connectivity index (χ1v) is 5.72. The molecule has 0 atom stereocenters. The lowest BCUT2D eigenvalue weighted by Gasteiger charge is -2.08. The van der Waals surface area contributed by atoms with E-state index in [1.54, 1.807) is 24.0 Å². The number of carbonyl (C=O) groups is 1. The third kappa shape index (κ3) is 2.58. The van der Waals surface area contributed by atoms with E-state index in [9.17, 15) is 14.9 Å². The van der Waals surface area contributed by atoms with Gasteiger partial charge in [0.25, 0.3) is 0 Å². The van der Waals surface area contributed by atoms with Crippen LogP contribution in [-0.4, -0.2) is 25.8 Å². The van der Waals surface area contributed by atoms with E-state index in [2.05, 4.69) is 10.4 Å². The summed E-state index contributed by atoms with van der Waals surface area (Å²) in [6, 6.07) is 5.90. The number of nitro groups is 1. The standard InChI is InChI=1S/C12H12N4O4/c1-15-8(5-6-14-15)7-13-10-4-2-3-9(12(17)18)11(10)16(19)20/h2-6,13H,7H2,1H3,(H,17,18). The smallest absolute Gasteiger partial charge is 0.342 e. The third-order valence-corrected chi connectivity index (χ3v) is 2.83. The molecule has 1 heterocycles. The summed E-state index contributed by atoms with van der Waals surface area (Å²) in [7, 11) is 1.75. The first-order valence-electron chi connectivity index (χ1n) is 5.72. The number of nitrogens with one attached hydrogen (secondary N) is 1. The molecule has 0 unspecified atom stereocenters. The van der Waals surface area contributed by atoms with Crippen LogP contribution in [0.2, 0.25) is 0 Å². The molecule has 2 aromatic rings. The molecule has 0 fully saturated rings. The summed E-state index contributed by atoms with van der Waals surface area (Å²) < 4.78 is 1.62. The van der Waals surface area contributed by atoms with Gasteiger partial charge in [-0.05, 0) is 18.2 Å². The molecule has 8 nitrogen and oxygen atoms in total. The van der Waals surface area contributed by atoms with Crippen LogP contribution in [-0.2, 0) is 13.6 Å². The Hall–Kier alpha value is -2.90. The summed E-state index contributed by atoms with van der Waals surface area (Å²) in [4.78, 5) is 21.4. The summed E-state index contributed by atoms with van der Waals surface area (Å²) in [5, 5.41) is 26.9. The molecular weight excluding hydrogens is 264 g/mol. The second-order valence-electron chi connectivity index (χ2n) is 4.06. The van der Waals surface area contributed by atoms with E-state index >= 15 is 0 Å². The average Bonchev–Trinajstić information content (AvgIpc) is 2.81. The summed E-state index contributed by atoms with van der Waals surface area (Å²) >= 11 is 0. The quantitative estimate of drug-likeness (QED) is 0.634. The van der Waals surface area contributed by atoms with E-state index in [-0.39, 0.29) is 11.3 Å². The van der Waals surface area contributed by atoms with Crippen LogP contribution in [0.5, 0.6) is 0 Å². The number of nitro benzene ring substituents is 1. The van der Waals surface area contributed by atoms with Gasteiger partial charge in [-0.2, -0.15) is 5.10 Å². The fourth-order valence-electron chi connectivity index (χ4n) is 1.82. The fourth-order valence-corrected chi connectivity index (χ4v) is 1.82. The minimum absolute atomic E-state index is 0.163. The first-order chi connectivity index (χ1) is 9.50. The summed E-state index contributed by atoms with van der Waals surface area (Å²) in [6.45, 7) is 0.306. The van der Waals surface area contributed by atoms with Gasteiger partial charge in [-0.3, -0.25) is 14.8 Å². The van der Waals surface area contributed by atoms with Gasteiger partial charge in [-0.25, -0.2) is 4.79 Å². The van der Waals surface area contributed by atoms with Gasteiger partial charge >= 0.3 is 11.7 Å². The highest BCUT2D eigenvalue weighted by Gasteiger charge is 2.23. The highest BCUT2D eigenvalue weighted by atomic mass is 16.6. The van der Waals surface area contributed by atoms with E-state index in [4.69, 9.17) is 5.11 Å². The lowest BCUT2D eigenvalue weighted by molar-refractivity contribution is -0.384. The Morgan fingerprint density at radius 1 is 1.50 bits per heavy atom. The molecule has 2 N–H and O–H groups in total. The van der Waals surface area contributed by atoms with Crippen molar-refractivity contribution in [1.82, 2.24) is 9.78 Å². The monoisotopic (exact) mass is 276 g/mol. The Balaban J connectivity index is 2.32. The number of aromatic nitrogens is 2. The zero-order chi connectivity index (χ0) is 14.7. The highest BCUT2D eigenvalue weighted by Crippen LogP contribution is 2.28. The molecule has 104 valence electrons. The minimum atomic E-state index is -1.33. The van der Waals surface area contributed by atoms with E-state index in [0.29, 0.717) is 6.54 Å². The van der Waals surface area contributed by atoms with Crippen molar-refractivity contribution in [3.8, 4) is 0 Å². The van der Waals surface area contributed by atoms with Crippen LogP contribution in [0, 0.1) is 10.1 Å². The number of benzene rings is 1. The van der Waals surface area contributed by atoms with E-state index in [1.165, 1.54) is 18.2 Å². The molecule has 2 rings (SSSR count). The molecule has 0 aliphatic carbocycles. The Morgan fingerprint density at radius 3 is 2.80 bits per heavy atom. The number of hydrogen-bond donors (Lipinski definition) is 2. The van der Waals surface area contributed by atoms with Crippen LogP contribution in [0.3, 0.4) is 0 Å². The third-order valence-electron chi connectivity index (χ3n) is 2.83. The Kier molecular flexibility index (Phi) is 3.65. The lowest BCUT2D eigenvalue weighted by atomic mass is 10.1. The largest absolute Gasteiger partial charge is 0.477 e. The molecule has 0 aliphatic rings. The van der Waals surface area contributed by atoms with Crippen molar-refractivity contribution in [2.45, 2.75) is 6.54 Å². The topological polar surface area (TPSA) is 110 Å². The molecule has 0 saturated heterocycles. The molecular formula is C12H12N4O4. The number of nitrogens with zero attached hydrogens (tertiary/aromatic N) is 3. The van der Waals surface area contributed by atoms with E-state index in [0.717, 1.165) is 5.69 Å². The minimum Gasteiger partial charge on any atom is -0.477 e. The van der Waals surface area contributed by atoms with E-state index < -0.39 is 16.6 Å². The van der Waals surface area contributed by atoms with Crippen LogP contribution >= 0.6 is 0 Å². The highest BCUT2D eigenvalue weighted by molar-refractivity contribution is 5.95. The Labute approximate surface area is 113 Å². The van der Waals surface area contributed by atoms with Gasteiger partial charge in [0.15, 0.2) is 0 Å². The molecule has 0 aliphatic heterocycles. The Morgan fingerprint density at radius 2 is 2.25 bits per heavy atom. The molecule has 20 heavy (non-hydrogen) atoms. The van der Waals surface area contributed by atoms with Crippen LogP contribution in [0.4, 0.5) is 11.4 Å². The number of aromatic carboxylic acids is 1. The van der Waals surface area contributed by atoms with Crippen LogP contribution in [0.15, 0.2) is 30.5 Å². The maximum Gasteiger partial charge on any atom is 0.342 e. The van der Waals surface area contributed by atoms with Crippen molar-refractivity contribution >= 4 is 17.3 Å². The van der Waals surface area contributed by atoms with Gasteiger partial charge in [0.1, 0.15) is 11.3 Å². The molecule has 0 amide bonds. The van der Waals surface area contributed by atoms with Gasteiger partial charge in [0.05, 0.1) is 17.2 Å². The summed E-state index contributed by atoms with van der Waals surface area (Å²) in [5.41, 5.74) is 0.198. The predicted octanol–water partition coefficient (Wildman–Crippen LogP) is 1.64. The van der Waals surface area contributed by atoms with Crippen molar-refractivity contribution in [3.05, 3.63) is 51.8 Å². The molecule has 0 radical (unpaired) electrons. The van der Waals surface area contributed by atoms with Gasteiger partial charge < -0.3 is 10.4 Å². The van der Waals surface area contributed by atoms with Crippen molar-refractivity contribution in [3.63, 3.8) is 0 Å². The van der Waals surface area contributed by atoms with Crippen molar-refractivity contribution in [2.75, 3.05) is 5.32 Å². The van der Waals surface area contributed by atoms with Crippen LogP contribution < -0.4 is 5.32 Å². The lowest BCUT2D eigenvalue weighted by Crippen LogP contribution is -2.09. The average molecular weight is 276 g/mol. The number of aryl methyl sites for hydroxylation is 1. The van der Waals surface area contributed by atoms with Crippen molar-refractivity contribution in [2.24, 2.45) is 7.05 Å². The zero-order valence-corrected chi connectivity index (χ0v) is 10.6. The number of para-hydroxylation sites is 1. The number of anilines is 1. The normalized spacial score (nSPS) is 10.2. The molecule has 8 heteroatoms. The molecule has 1 aromatic heterocycles. The van der Waals surface area contributed by atoms with E-state index in [1.807, 2.05) is 0 Å². The first kappa shape index (κ1) is 13.5. The number of carboxylic acids is 1.